The summed E-state index contributed by atoms with van der Waals surface area (Å²) in [5, 5.41) is 10.7. The van der Waals surface area contributed by atoms with Gasteiger partial charge in [-0.3, -0.25) is 19.7 Å². The maximum absolute atomic E-state index is 12.1. The molecule has 1 aromatic carbocycles. The quantitative estimate of drug-likeness (QED) is 0.681. The second-order valence-corrected chi connectivity index (χ2v) is 4.52. The molecular weight excluding hydrogens is 274 g/mol. The van der Waals surface area contributed by atoms with Gasteiger partial charge in [-0.05, 0) is 11.6 Å². The van der Waals surface area contributed by atoms with Crippen LogP contribution in [0, 0.1) is 10.1 Å². The highest BCUT2D eigenvalue weighted by Gasteiger charge is 2.14. The molecule has 1 amide bonds. The number of benzene rings is 1. The van der Waals surface area contributed by atoms with Crippen molar-refractivity contribution in [3.8, 4) is 0 Å². The van der Waals surface area contributed by atoms with Gasteiger partial charge in [0, 0.05) is 31.8 Å². The van der Waals surface area contributed by atoms with Crippen LogP contribution in [0.5, 0.6) is 0 Å². The average molecular weight is 287 g/mol. The number of aromatic amines is 1. The number of hydrogen-bond donors (Lipinski definition) is 1. The van der Waals surface area contributed by atoms with Crippen LogP contribution in [0.15, 0.2) is 47.3 Å². The van der Waals surface area contributed by atoms with Crippen molar-refractivity contribution in [3.05, 3.63) is 74.2 Å². The Morgan fingerprint density at radius 3 is 2.67 bits per heavy atom. The number of non-ortho nitro benzene ring substituents is 1. The molecule has 0 radical (unpaired) electrons. The maximum Gasteiger partial charge on any atom is 0.270 e. The van der Waals surface area contributed by atoms with Crippen LogP contribution in [0.1, 0.15) is 16.1 Å². The predicted octanol–water partition coefficient (Wildman–Crippen LogP) is 1.56. The fraction of sp³-hybridized carbons (Fsp3) is 0.143. The van der Waals surface area contributed by atoms with E-state index in [0.717, 1.165) is 0 Å². The summed E-state index contributed by atoms with van der Waals surface area (Å²) in [5.74, 6) is -0.362. The molecule has 7 heteroatoms. The monoisotopic (exact) mass is 287 g/mol. The van der Waals surface area contributed by atoms with Crippen LogP contribution in [0.3, 0.4) is 0 Å². The van der Waals surface area contributed by atoms with Crippen LogP contribution >= 0.6 is 0 Å². The minimum absolute atomic E-state index is 0.0264. The molecule has 0 saturated heterocycles. The second kappa shape index (κ2) is 6.00. The van der Waals surface area contributed by atoms with Crippen LogP contribution < -0.4 is 5.56 Å². The van der Waals surface area contributed by atoms with Crippen molar-refractivity contribution in [2.24, 2.45) is 0 Å². The summed E-state index contributed by atoms with van der Waals surface area (Å²) in [6.07, 6.45) is 0. The Morgan fingerprint density at radius 1 is 1.29 bits per heavy atom. The zero-order chi connectivity index (χ0) is 15.4. The third-order valence-electron chi connectivity index (χ3n) is 2.89. The summed E-state index contributed by atoms with van der Waals surface area (Å²) in [5.41, 5.74) is 0.430. The van der Waals surface area contributed by atoms with E-state index in [-0.39, 0.29) is 29.4 Å². The lowest BCUT2D eigenvalue weighted by Crippen LogP contribution is -2.28. The first-order valence-electron chi connectivity index (χ1n) is 6.15. The number of H-pyrrole nitrogens is 1. The maximum atomic E-state index is 12.1. The van der Waals surface area contributed by atoms with Crippen LogP contribution in [-0.4, -0.2) is 27.8 Å². The van der Waals surface area contributed by atoms with E-state index in [1.165, 1.54) is 35.2 Å². The summed E-state index contributed by atoms with van der Waals surface area (Å²) >= 11 is 0. The summed E-state index contributed by atoms with van der Waals surface area (Å²) in [7, 11) is 1.56. The van der Waals surface area contributed by atoms with E-state index in [4.69, 9.17) is 0 Å². The molecule has 0 fully saturated rings. The van der Waals surface area contributed by atoms with E-state index in [1.807, 2.05) is 0 Å². The highest BCUT2D eigenvalue weighted by molar-refractivity contribution is 5.91. The number of nitrogens with one attached hydrogen (secondary N) is 1. The first-order valence-corrected chi connectivity index (χ1v) is 6.15. The van der Waals surface area contributed by atoms with E-state index < -0.39 is 4.92 Å². The van der Waals surface area contributed by atoms with Crippen molar-refractivity contribution >= 4 is 11.6 Å². The summed E-state index contributed by atoms with van der Waals surface area (Å²) in [6.45, 7) is 0.206. The molecule has 2 aromatic rings. The first kappa shape index (κ1) is 14.4. The van der Waals surface area contributed by atoms with Crippen LogP contribution in [0.4, 0.5) is 5.69 Å². The van der Waals surface area contributed by atoms with Gasteiger partial charge < -0.3 is 9.88 Å². The van der Waals surface area contributed by atoms with Gasteiger partial charge in [-0.2, -0.15) is 0 Å². The third kappa shape index (κ3) is 3.53. The van der Waals surface area contributed by atoms with Gasteiger partial charge in [-0.1, -0.05) is 18.2 Å². The number of nitro groups is 1. The standard InChI is InChI=1S/C14H13N3O4/c1-16(14(19)12-6-3-7-13(18)15-12)9-10-4-2-5-11(8-10)17(20)21/h2-8H,9H2,1H3,(H,15,18). The lowest BCUT2D eigenvalue weighted by molar-refractivity contribution is -0.384. The molecule has 0 saturated carbocycles. The van der Waals surface area contributed by atoms with Gasteiger partial charge in [-0.15, -0.1) is 0 Å². The SMILES string of the molecule is CN(Cc1cccc([N+](=O)[O-])c1)C(=O)c1cccc(=O)[nH]1. The van der Waals surface area contributed by atoms with Gasteiger partial charge in [0.1, 0.15) is 5.69 Å². The third-order valence-corrected chi connectivity index (χ3v) is 2.89. The van der Waals surface area contributed by atoms with Crippen molar-refractivity contribution in [3.63, 3.8) is 0 Å². The number of aromatic nitrogens is 1. The van der Waals surface area contributed by atoms with Crippen molar-refractivity contribution in [2.75, 3.05) is 7.05 Å². The van der Waals surface area contributed by atoms with Crippen molar-refractivity contribution in [2.45, 2.75) is 6.54 Å². The van der Waals surface area contributed by atoms with Gasteiger partial charge in [0.2, 0.25) is 5.56 Å². The van der Waals surface area contributed by atoms with Gasteiger partial charge in [0.15, 0.2) is 0 Å². The zero-order valence-corrected chi connectivity index (χ0v) is 11.3. The van der Waals surface area contributed by atoms with Gasteiger partial charge in [0.05, 0.1) is 4.92 Å². The van der Waals surface area contributed by atoms with Gasteiger partial charge >= 0.3 is 0 Å². The number of amides is 1. The molecule has 108 valence electrons. The number of pyridine rings is 1. The van der Waals surface area contributed by atoms with Crippen LogP contribution in [0.25, 0.3) is 0 Å². The number of nitro benzene ring substituents is 1. The fourth-order valence-corrected chi connectivity index (χ4v) is 1.89. The van der Waals surface area contributed by atoms with Crippen molar-refractivity contribution in [1.29, 1.82) is 0 Å². The van der Waals surface area contributed by atoms with E-state index in [9.17, 15) is 19.7 Å². The lowest BCUT2D eigenvalue weighted by Gasteiger charge is -2.16. The molecule has 2 rings (SSSR count). The fourth-order valence-electron chi connectivity index (χ4n) is 1.89. The Labute approximate surface area is 120 Å². The number of carbonyl (C=O) groups is 1. The number of rotatable bonds is 4. The molecule has 1 heterocycles. The molecule has 0 aliphatic carbocycles. The van der Waals surface area contributed by atoms with Crippen molar-refractivity contribution < 1.29 is 9.72 Å². The molecule has 0 unspecified atom stereocenters. The Kier molecular flexibility index (Phi) is 4.13. The molecule has 7 nitrogen and oxygen atoms in total. The summed E-state index contributed by atoms with van der Waals surface area (Å²) in [4.78, 5) is 37.4. The second-order valence-electron chi connectivity index (χ2n) is 4.52. The molecule has 1 N–H and O–H groups in total. The largest absolute Gasteiger partial charge is 0.336 e. The normalized spacial score (nSPS) is 10.1. The Morgan fingerprint density at radius 2 is 2.00 bits per heavy atom. The highest BCUT2D eigenvalue weighted by atomic mass is 16.6. The Bertz CT molecular complexity index is 739. The molecular formula is C14H13N3O4. The van der Waals surface area contributed by atoms with E-state index >= 15 is 0 Å². The van der Waals surface area contributed by atoms with Crippen molar-refractivity contribution in [1.82, 2.24) is 9.88 Å². The van der Waals surface area contributed by atoms with E-state index in [1.54, 1.807) is 19.2 Å². The molecule has 0 atom stereocenters. The molecule has 0 spiro atoms. The highest BCUT2D eigenvalue weighted by Crippen LogP contribution is 2.14. The molecule has 0 bridgehead atoms. The average Bonchev–Trinajstić information content (AvgIpc) is 2.46. The molecule has 21 heavy (non-hydrogen) atoms. The van der Waals surface area contributed by atoms with E-state index in [2.05, 4.69) is 4.98 Å². The minimum Gasteiger partial charge on any atom is -0.336 e. The molecule has 0 aliphatic rings. The van der Waals surface area contributed by atoms with Crippen LogP contribution in [-0.2, 0) is 6.54 Å². The number of carbonyl (C=O) groups excluding carboxylic acids is 1. The van der Waals surface area contributed by atoms with Gasteiger partial charge in [0.25, 0.3) is 11.6 Å². The molecule has 1 aromatic heterocycles. The summed E-state index contributed by atoms with van der Waals surface area (Å²) < 4.78 is 0. The van der Waals surface area contributed by atoms with E-state index in [0.29, 0.717) is 5.56 Å². The zero-order valence-electron chi connectivity index (χ0n) is 11.3. The van der Waals surface area contributed by atoms with Crippen LogP contribution in [0.2, 0.25) is 0 Å². The summed E-state index contributed by atoms with van der Waals surface area (Å²) in [6, 6.07) is 10.4. The predicted molar refractivity (Wildman–Crippen MR) is 76.0 cm³/mol. The Balaban J connectivity index is 2.16. The smallest absolute Gasteiger partial charge is 0.270 e. The number of hydrogen-bond acceptors (Lipinski definition) is 4. The lowest BCUT2D eigenvalue weighted by atomic mass is 10.2. The van der Waals surface area contributed by atoms with Gasteiger partial charge in [-0.25, -0.2) is 0 Å². The number of nitrogens with zero attached hydrogens (tertiary/aromatic N) is 2. The first-order chi connectivity index (χ1) is 9.97. The molecule has 0 aliphatic heterocycles. The topological polar surface area (TPSA) is 96.3 Å². The Hall–Kier alpha value is -2.96. The minimum atomic E-state index is -0.486.